The molecule has 0 saturated carbocycles. The summed E-state index contributed by atoms with van der Waals surface area (Å²) in [5.41, 5.74) is 0.493. The lowest BCUT2D eigenvalue weighted by Gasteiger charge is -2.26. The molecule has 1 fully saturated rings. The zero-order valence-electron chi connectivity index (χ0n) is 15.9. The van der Waals surface area contributed by atoms with Gasteiger partial charge in [-0.05, 0) is 68.4 Å². The van der Waals surface area contributed by atoms with Crippen molar-refractivity contribution in [2.45, 2.75) is 18.9 Å². The van der Waals surface area contributed by atoms with Gasteiger partial charge in [0, 0.05) is 23.3 Å². The van der Waals surface area contributed by atoms with Crippen molar-refractivity contribution in [2.24, 2.45) is 0 Å². The molecule has 29 heavy (non-hydrogen) atoms. The Balaban J connectivity index is 1.36. The Kier molecular flexibility index (Phi) is 6.27. The van der Waals surface area contributed by atoms with Crippen LogP contribution in [0, 0.1) is 0 Å². The van der Waals surface area contributed by atoms with Crippen molar-refractivity contribution in [1.82, 2.24) is 15.2 Å². The molecule has 0 aliphatic carbocycles. The third kappa shape index (κ3) is 5.05. The number of furan rings is 1. The van der Waals surface area contributed by atoms with E-state index in [2.05, 4.69) is 31.1 Å². The van der Waals surface area contributed by atoms with Crippen molar-refractivity contribution in [3.63, 3.8) is 0 Å². The van der Waals surface area contributed by atoms with E-state index in [1.165, 1.54) is 19.0 Å². The van der Waals surface area contributed by atoms with Gasteiger partial charge in [0.05, 0.1) is 17.9 Å². The Hall–Kier alpha value is -2.64. The lowest BCUT2D eigenvalue weighted by atomic mass is 10.2. The highest BCUT2D eigenvalue weighted by Gasteiger charge is 2.26. The molecule has 4 rings (SSSR count). The SMILES string of the molecule is O=C(NCC(c1ccco1)N1CCCC1)c1ccc(Oc2ccc(Br)cc2)nc1. The Morgan fingerprint density at radius 1 is 1.17 bits per heavy atom. The highest BCUT2D eigenvalue weighted by Crippen LogP contribution is 2.25. The molecule has 1 amide bonds. The van der Waals surface area contributed by atoms with Gasteiger partial charge in [0.15, 0.2) is 0 Å². The average Bonchev–Trinajstić information content (AvgIpc) is 3.45. The van der Waals surface area contributed by atoms with Crippen LogP contribution in [-0.2, 0) is 0 Å². The van der Waals surface area contributed by atoms with Gasteiger partial charge >= 0.3 is 0 Å². The van der Waals surface area contributed by atoms with E-state index in [4.69, 9.17) is 9.15 Å². The predicted molar refractivity (Wildman–Crippen MR) is 113 cm³/mol. The Morgan fingerprint density at radius 2 is 1.97 bits per heavy atom. The normalized spacial score (nSPS) is 15.2. The third-order valence-corrected chi connectivity index (χ3v) is 5.47. The first-order valence-electron chi connectivity index (χ1n) is 9.64. The fourth-order valence-electron chi connectivity index (χ4n) is 3.43. The van der Waals surface area contributed by atoms with E-state index >= 15 is 0 Å². The summed E-state index contributed by atoms with van der Waals surface area (Å²) in [5, 5.41) is 3.01. The standard InChI is InChI=1S/C22H22BrN3O3/c23-17-6-8-18(9-7-17)29-21-10-5-16(14-24-21)22(27)25-15-19(20-4-3-13-28-20)26-11-1-2-12-26/h3-10,13-14,19H,1-2,11-12,15H2,(H,25,27). The predicted octanol–water partition coefficient (Wildman–Crippen LogP) is 4.80. The van der Waals surface area contributed by atoms with Gasteiger partial charge in [-0.25, -0.2) is 4.98 Å². The van der Waals surface area contributed by atoms with Crippen LogP contribution in [0.2, 0.25) is 0 Å². The first kappa shape index (κ1) is 19.7. The molecular formula is C22H22BrN3O3. The Morgan fingerprint density at radius 3 is 2.62 bits per heavy atom. The fraction of sp³-hybridized carbons (Fsp3) is 0.273. The number of nitrogens with one attached hydrogen (secondary N) is 1. The molecule has 1 aliphatic rings. The molecule has 0 radical (unpaired) electrons. The molecule has 0 spiro atoms. The summed E-state index contributed by atoms with van der Waals surface area (Å²) in [6.45, 7) is 2.53. The van der Waals surface area contributed by atoms with Crippen LogP contribution in [-0.4, -0.2) is 35.4 Å². The topological polar surface area (TPSA) is 67.6 Å². The van der Waals surface area contributed by atoms with Crippen molar-refractivity contribution in [3.8, 4) is 11.6 Å². The van der Waals surface area contributed by atoms with Gasteiger partial charge in [-0.3, -0.25) is 9.69 Å². The van der Waals surface area contributed by atoms with E-state index in [1.54, 1.807) is 18.4 Å². The first-order chi connectivity index (χ1) is 14.2. The van der Waals surface area contributed by atoms with E-state index in [0.717, 1.165) is 23.3 Å². The molecule has 0 bridgehead atoms. The molecule has 1 N–H and O–H groups in total. The van der Waals surface area contributed by atoms with Gasteiger partial charge < -0.3 is 14.5 Å². The second-order valence-electron chi connectivity index (χ2n) is 6.93. The molecule has 1 unspecified atom stereocenters. The monoisotopic (exact) mass is 455 g/mol. The lowest BCUT2D eigenvalue weighted by Crippen LogP contribution is -2.36. The van der Waals surface area contributed by atoms with Crippen LogP contribution in [0.1, 0.15) is 35.0 Å². The summed E-state index contributed by atoms with van der Waals surface area (Å²) in [6, 6.07) is 14.8. The van der Waals surface area contributed by atoms with E-state index in [0.29, 0.717) is 23.7 Å². The summed E-state index contributed by atoms with van der Waals surface area (Å²) in [4.78, 5) is 19.2. The van der Waals surface area contributed by atoms with Crippen LogP contribution in [0.5, 0.6) is 11.6 Å². The lowest BCUT2D eigenvalue weighted by molar-refractivity contribution is 0.0933. The third-order valence-electron chi connectivity index (χ3n) is 4.94. The summed E-state index contributed by atoms with van der Waals surface area (Å²) in [5.74, 6) is 1.84. The smallest absolute Gasteiger partial charge is 0.252 e. The number of aromatic nitrogens is 1. The minimum absolute atomic E-state index is 0.0458. The van der Waals surface area contributed by atoms with Gasteiger partial charge in [0.1, 0.15) is 11.5 Å². The second-order valence-corrected chi connectivity index (χ2v) is 7.84. The van der Waals surface area contributed by atoms with Gasteiger partial charge in [-0.2, -0.15) is 0 Å². The molecule has 3 aromatic rings. The minimum Gasteiger partial charge on any atom is -0.468 e. The van der Waals surface area contributed by atoms with Crippen molar-refractivity contribution in [3.05, 3.63) is 76.8 Å². The van der Waals surface area contributed by atoms with E-state index in [-0.39, 0.29) is 11.9 Å². The largest absolute Gasteiger partial charge is 0.468 e. The fourth-order valence-corrected chi connectivity index (χ4v) is 3.70. The van der Waals surface area contributed by atoms with Crippen molar-refractivity contribution in [2.75, 3.05) is 19.6 Å². The van der Waals surface area contributed by atoms with Crippen LogP contribution in [0.4, 0.5) is 0 Å². The maximum atomic E-state index is 12.6. The summed E-state index contributed by atoms with van der Waals surface area (Å²) < 4.78 is 12.3. The number of amides is 1. The molecular weight excluding hydrogens is 434 g/mol. The molecule has 1 aromatic carbocycles. The van der Waals surface area contributed by atoms with Gasteiger partial charge in [-0.1, -0.05) is 15.9 Å². The van der Waals surface area contributed by atoms with Gasteiger partial charge in [0.25, 0.3) is 5.91 Å². The quantitative estimate of drug-likeness (QED) is 0.554. The van der Waals surface area contributed by atoms with Crippen LogP contribution >= 0.6 is 15.9 Å². The van der Waals surface area contributed by atoms with E-state index in [1.807, 2.05) is 36.4 Å². The highest BCUT2D eigenvalue weighted by atomic mass is 79.9. The van der Waals surface area contributed by atoms with Crippen molar-refractivity contribution >= 4 is 21.8 Å². The van der Waals surface area contributed by atoms with E-state index < -0.39 is 0 Å². The number of benzene rings is 1. The highest BCUT2D eigenvalue weighted by molar-refractivity contribution is 9.10. The van der Waals surface area contributed by atoms with Crippen LogP contribution in [0.15, 0.2) is 69.9 Å². The molecule has 150 valence electrons. The van der Waals surface area contributed by atoms with Gasteiger partial charge in [0.2, 0.25) is 5.88 Å². The number of halogens is 1. The number of carbonyl (C=O) groups excluding carboxylic acids is 1. The maximum absolute atomic E-state index is 12.6. The summed E-state index contributed by atoms with van der Waals surface area (Å²) in [7, 11) is 0. The van der Waals surface area contributed by atoms with Crippen LogP contribution < -0.4 is 10.1 Å². The number of nitrogens with zero attached hydrogens (tertiary/aromatic N) is 2. The van der Waals surface area contributed by atoms with Crippen LogP contribution in [0.25, 0.3) is 0 Å². The Bertz CT molecular complexity index is 921. The average molecular weight is 456 g/mol. The number of ether oxygens (including phenoxy) is 1. The molecule has 1 saturated heterocycles. The number of pyridine rings is 1. The minimum atomic E-state index is -0.163. The van der Waals surface area contributed by atoms with E-state index in [9.17, 15) is 4.79 Å². The molecule has 1 aliphatic heterocycles. The zero-order valence-corrected chi connectivity index (χ0v) is 17.5. The van der Waals surface area contributed by atoms with Crippen molar-refractivity contribution < 1.29 is 13.9 Å². The molecule has 2 aromatic heterocycles. The Labute approximate surface area is 178 Å². The summed E-state index contributed by atoms with van der Waals surface area (Å²) >= 11 is 3.39. The molecule has 6 nitrogen and oxygen atoms in total. The number of hydrogen-bond donors (Lipinski definition) is 1. The maximum Gasteiger partial charge on any atom is 0.252 e. The molecule has 1 atom stereocenters. The molecule has 7 heteroatoms. The van der Waals surface area contributed by atoms with Crippen LogP contribution in [0.3, 0.4) is 0 Å². The van der Waals surface area contributed by atoms with Gasteiger partial charge in [-0.15, -0.1) is 0 Å². The number of carbonyl (C=O) groups is 1. The summed E-state index contributed by atoms with van der Waals surface area (Å²) in [6.07, 6.45) is 5.55. The number of hydrogen-bond acceptors (Lipinski definition) is 5. The first-order valence-corrected chi connectivity index (χ1v) is 10.4. The van der Waals surface area contributed by atoms with Crippen molar-refractivity contribution in [1.29, 1.82) is 0 Å². The second kappa shape index (κ2) is 9.24. The zero-order chi connectivity index (χ0) is 20.1. The number of rotatable bonds is 7. The number of likely N-dealkylation sites (tertiary alicyclic amines) is 1. The molecule has 3 heterocycles.